The standard InChI is InChI=1S/C12H19NS/c1-3-11-6-7-12(14-11)9(2)13-8-10-4-5-10/h6-7,9-10,13H,3-5,8H2,1-2H3. The van der Waals surface area contributed by atoms with Gasteiger partial charge in [0.15, 0.2) is 0 Å². The predicted octanol–water partition coefficient (Wildman–Crippen LogP) is 3.37. The summed E-state index contributed by atoms with van der Waals surface area (Å²) in [6.45, 7) is 5.70. The molecule has 14 heavy (non-hydrogen) atoms. The third kappa shape index (κ3) is 2.58. The molecule has 1 nitrogen and oxygen atoms in total. The summed E-state index contributed by atoms with van der Waals surface area (Å²) in [6.07, 6.45) is 4.04. The Morgan fingerprint density at radius 3 is 2.86 bits per heavy atom. The first-order valence-electron chi connectivity index (χ1n) is 5.61. The molecule has 78 valence electrons. The van der Waals surface area contributed by atoms with E-state index in [0.29, 0.717) is 6.04 Å². The third-order valence-electron chi connectivity index (χ3n) is 2.87. The van der Waals surface area contributed by atoms with Gasteiger partial charge in [-0.3, -0.25) is 0 Å². The molecule has 0 saturated heterocycles. The molecule has 0 aliphatic heterocycles. The van der Waals surface area contributed by atoms with Gasteiger partial charge in [-0.2, -0.15) is 0 Å². The number of rotatable bonds is 5. The lowest BCUT2D eigenvalue weighted by Gasteiger charge is -2.10. The normalized spacial score (nSPS) is 18.4. The highest BCUT2D eigenvalue weighted by Crippen LogP contribution is 2.29. The fraction of sp³-hybridized carbons (Fsp3) is 0.667. The Kier molecular flexibility index (Phi) is 3.24. The van der Waals surface area contributed by atoms with Gasteiger partial charge in [-0.05, 0) is 50.8 Å². The lowest BCUT2D eigenvalue weighted by molar-refractivity contribution is 0.555. The average molecular weight is 209 g/mol. The maximum atomic E-state index is 3.61. The molecule has 0 amide bonds. The van der Waals surface area contributed by atoms with Gasteiger partial charge in [-0.25, -0.2) is 0 Å². The summed E-state index contributed by atoms with van der Waals surface area (Å²) < 4.78 is 0. The van der Waals surface area contributed by atoms with E-state index in [9.17, 15) is 0 Å². The van der Waals surface area contributed by atoms with E-state index >= 15 is 0 Å². The van der Waals surface area contributed by atoms with Crippen molar-refractivity contribution in [1.82, 2.24) is 5.32 Å². The Labute approximate surface area is 90.5 Å². The third-order valence-corrected chi connectivity index (χ3v) is 4.28. The van der Waals surface area contributed by atoms with Crippen LogP contribution in [0.3, 0.4) is 0 Å². The van der Waals surface area contributed by atoms with E-state index in [2.05, 4.69) is 31.3 Å². The van der Waals surface area contributed by atoms with Gasteiger partial charge in [0.2, 0.25) is 0 Å². The molecule has 2 heteroatoms. The van der Waals surface area contributed by atoms with Crippen LogP contribution in [0.4, 0.5) is 0 Å². The van der Waals surface area contributed by atoms with Crippen LogP contribution in [0.15, 0.2) is 12.1 Å². The summed E-state index contributed by atoms with van der Waals surface area (Å²) in [5.41, 5.74) is 0. The van der Waals surface area contributed by atoms with Crippen LogP contribution in [0.5, 0.6) is 0 Å². The van der Waals surface area contributed by atoms with Crippen LogP contribution < -0.4 is 5.32 Å². The first kappa shape index (κ1) is 10.2. The van der Waals surface area contributed by atoms with Crippen molar-refractivity contribution < 1.29 is 0 Å². The monoisotopic (exact) mass is 209 g/mol. The maximum absolute atomic E-state index is 3.61. The zero-order valence-electron chi connectivity index (χ0n) is 9.05. The van der Waals surface area contributed by atoms with Crippen LogP contribution in [-0.4, -0.2) is 6.54 Å². The molecule has 1 aliphatic carbocycles. The van der Waals surface area contributed by atoms with Crippen LogP contribution in [0.1, 0.15) is 42.5 Å². The summed E-state index contributed by atoms with van der Waals surface area (Å²) in [5.74, 6) is 0.975. The molecule has 1 unspecified atom stereocenters. The van der Waals surface area contributed by atoms with Crippen LogP contribution in [0.2, 0.25) is 0 Å². The van der Waals surface area contributed by atoms with E-state index in [1.165, 1.54) is 35.6 Å². The molecule has 1 N–H and O–H groups in total. The largest absolute Gasteiger partial charge is 0.309 e. The van der Waals surface area contributed by atoms with Crippen LogP contribution in [0, 0.1) is 5.92 Å². The Morgan fingerprint density at radius 1 is 1.50 bits per heavy atom. The molecule has 0 aromatic carbocycles. The van der Waals surface area contributed by atoms with E-state index in [-0.39, 0.29) is 0 Å². The van der Waals surface area contributed by atoms with Gasteiger partial charge >= 0.3 is 0 Å². The second-order valence-corrected chi connectivity index (χ2v) is 5.43. The molecule has 1 aromatic rings. The molecule has 0 radical (unpaired) electrons. The second kappa shape index (κ2) is 4.45. The number of aryl methyl sites for hydroxylation is 1. The van der Waals surface area contributed by atoms with Gasteiger partial charge in [0.25, 0.3) is 0 Å². The first-order chi connectivity index (χ1) is 6.79. The molecule has 1 atom stereocenters. The van der Waals surface area contributed by atoms with E-state index < -0.39 is 0 Å². The van der Waals surface area contributed by atoms with E-state index in [1.54, 1.807) is 0 Å². The van der Waals surface area contributed by atoms with Gasteiger partial charge in [0.1, 0.15) is 0 Å². The quantitative estimate of drug-likeness (QED) is 0.784. The SMILES string of the molecule is CCc1ccc(C(C)NCC2CC2)s1. The molecule has 1 aliphatic rings. The van der Waals surface area contributed by atoms with Crippen molar-refractivity contribution >= 4 is 11.3 Å². The summed E-state index contributed by atoms with van der Waals surface area (Å²) in [6, 6.07) is 5.07. The highest BCUT2D eigenvalue weighted by atomic mass is 32.1. The number of nitrogens with one attached hydrogen (secondary N) is 1. The average Bonchev–Trinajstić information content (AvgIpc) is 2.90. The lowest BCUT2D eigenvalue weighted by atomic mass is 10.2. The van der Waals surface area contributed by atoms with Gasteiger partial charge in [-0.15, -0.1) is 11.3 Å². The fourth-order valence-corrected chi connectivity index (χ4v) is 2.56. The Hall–Kier alpha value is -0.340. The van der Waals surface area contributed by atoms with Crippen molar-refractivity contribution in [1.29, 1.82) is 0 Å². The minimum atomic E-state index is 0.542. The topological polar surface area (TPSA) is 12.0 Å². The Balaban J connectivity index is 1.85. The maximum Gasteiger partial charge on any atom is 0.0386 e. The summed E-state index contributed by atoms with van der Waals surface area (Å²) in [7, 11) is 0. The van der Waals surface area contributed by atoms with E-state index in [1.807, 2.05) is 11.3 Å². The lowest BCUT2D eigenvalue weighted by Crippen LogP contribution is -2.20. The Morgan fingerprint density at radius 2 is 2.29 bits per heavy atom. The number of thiophene rings is 1. The molecule has 2 rings (SSSR count). The van der Waals surface area contributed by atoms with Gasteiger partial charge in [0.05, 0.1) is 0 Å². The molecular formula is C12H19NS. The molecule has 0 spiro atoms. The van der Waals surface area contributed by atoms with Gasteiger partial charge in [0, 0.05) is 15.8 Å². The molecule has 1 saturated carbocycles. The minimum absolute atomic E-state index is 0.542. The zero-order chi connectivity index (χ0) is 9.97. The van der Waals surface area contributed by atoms with E-state index in [0.717, 1.165) is 5.92 Å². The predicted molar refractivity (Wildman–Crippen MR) is 62.8 cm³/mol. The Bertz CT molecular complexity index is 288. The van der Waals surface area contributed by atoms with Crippen molar-refractivity contribution in [3.63, 3.8) is 0 Å². The molecule has 0 bridgehead atoms. The van der Waals surface area contributed by atoms with Crippen LogP contribution in [0.25, 0.3) is 0 Å². The minimum Gasteiger partial charge on any atom is -0.309 e. The first-order valence-corrected chi connectivity index (χ1v) is 6.43. The molecule has 1 aromatic heterocycles. The molecule has 1 fully saturated rings. The second-order valence-electron chi connectivity index (χ2n) is 4.23. The van der Waals surface area contributed by atoms with Crippen LogP contribution in [-0.2, 0) is 6.42 Å². The smallest absolute Gasteiger partial charge is 0.0386 e. The molecule has 1 heterocycles. The number of hydrogen-bond acceptors (Lipinski definition) is 2. The molecular weight excluding hydrogens is 190 g/mol. The fourth-order valence-electron chi connectivity index (χ4n) is 1.58. The van der Waals surface area contributed by atoms with Crippen molar-refractivity contribution in [3.05, 3.63) is 21.9 Å². The highest BCUT2D eigenvalue weighted by Gasteiger charge is 2.21. The van der Waals surface area contributed by atoms with Crippen LogP contribution >= 0.6 is 11.3 Å². The summed E-state index contributed by atoms with van der Waals surface area (Å²) >= 11 is 1.95. The number of hydrogen-bond donors (Lipinski definition) is 1. The summed E-state index contributed by atoms with van der Waals surface area (Å²) in [4.78, 5) is 2.99. The van der Waals surface area contributed by atoms with Gasteiger partial charge in [-0.1, -0.05) is 6.92 Å². The van der Waals surface area contributed by atoms with E-state index in [4.69, 9.17) is 0 Å². The van der Waals surface area contributed by atoms with Crippen molar-refractivity contribution in [2.24, 2.45) is 5.92 Å². The highest BCUT2D eigenvalue weighted by molar-refractivity contribution is 7.12. The van der Waals surface area contributed by atoms with Crippen molar-refractivity contribution in [2.45, 2.75) is 39.2 Å². The van der Waals surface area contributed by atoms with Crippen molar-refractivity contribution in [2.75, 3.05) is 6.54 Å². The van der Waals surface area contributed by atoms with Crippen molar-refractivity contribution in [3.8, 4) is 0 Å². The zero-order valence-corrected chi connectivity index (χ0v) is 9.86. The summed E-state index contributed by atoms with van der Waals surface area (Å²) in [5, 5.41) is 3.61. The van der Waals surface area contributed by atoms with Gasteiger partial charge < -0.3 is 5.32 Å².